The fraction of sp³-hybridized carbons (Fsp3) is 0.400. The molecule has 8 heteroatoms. The van der Waals surface area contributed by atoms with Crippen LogP contribution in [0.5, 0.6) is 5.75 Å². The molecule has 0 spiro atoms. The number of aromatic nitrogens is 3. The van der Waals surface area contributed by atoms with E-state index < -0.39 is 0 Å². The molecule has 8 nitrogen and oxygen atoms in total. The summed E-state index contributed by atoms with van der Waals surface area (Å²) >= 11 is 0. The molecular formula is C20H25N5O3. The molecule has 0 radical (unpaired) electrons. The van der Waals surface area contributed by atoms with Crippen LogP contribution in [0.4, 0.5) is 0 Å². The van der Waals surface area contributed by atoms with Gasteiger partial charge in [-0.15, -0.1) is 16.8 Å². The maximum atomic E-state index is 12.4. The summed E-state index contributed by atoms with van der Waals surface area (Å²) in [6.07, 6.45) is 2.40. The number of methoxy groups -OCH3 is 1. The van der Waals surface area contributed by atoms with Crippen LogP contribution in [0.2, 0.25) is 0 Å². The van der Waals surface area contributed by atoms with E-state index in [-0.39, 0.29) is 30.0 Å². The maximum Gasteiger partial charge on any atom is 0.273 e. The summed E-state index contributed by atoms with van der Waals surface area (Å²) in [4.78, 5) is 31.6. The molecule has 1 N–H and O–H groups in total. The van der Waals surface area contributed by atoms with E-state index >= 15 is 0 Å². The molecule has 1 saturated heterocycles. The number of H-pyrrole nitrogens is 1. The standard InChI is InChI=1S/C20H25N5O3/c1-3-10-24-11-13-25(14-12-24)18(26)9-8-17-20(27)21-19(23-22-17)15-4-6-16(28-2)7-5-15/h3-7H,1,8-14H2,2H3,(H,21,23,27). The van der Waals surface area contributed by atoms with Gasteiger partial charge in [0.15, 0.2) is 5.82 Å². The number of rotatable bonds is 7. The van der Waals surface area contributed by atoms with Crippen LogP contribution in [0.25, 0.3) is 11.4 Å². The molecule has 1 fully saturated rings. The molecular weight excluding hydrogens is 358 g/mol. The van der Waals surface area contributed by atoms with E-state index in [1.54, 1.807) is 31.4 Å². The van der Waals surface area contributed by atoms with Gasteiger partial charge in [-0.3, -0.25) is 14.5 Å². The number of hydrogen-bond donors (Lipinski definition) is 1. The van der Waals surface area contributed by atoms with Crippen LogP contribution in [0.15, 0.2) is 41.7 Å². The molecule has 0 atom stereocenters. The van der Waals surface area contributed by atoms with E-state index in [0.29, 0.717) is 18.9 Å². The first-order chi connectivity index (χ1) is 13.6. The lowest BCUT2D eigenvalue weighted by Gasteiger charge is -2.34. The summed E-state index contributed by atoms with van der Waals surface area (Å²) < 4.78 is 5.12. The summed E-state index contributed by atoms with van der Waals surface area (Å²) in [7, 11) is 1.59. The lowest BCUT2D eigenvalue weighted by molar-refractivity contribution is -0.132. The Balaban J connectivity index is 1.57. The second-order valence-electron chi connectivity index (χ2n) is 6.65. The Bertz CT molecular complexity index is 870. The second-order valence-corrected chi connectivity index (χ2v) is 6.65. The van der Waals surface area contributed by atoms with E-state index in [0.717, 1.165) is 30.9 Å². The summed E-state index contributed by atoms with van der Waals surface area (Å²) in [6.45, 7) is 7.66. The van der Waals surface area contributed by atoms with Crippen LogP contribution in [0.1, 0.15) is 12.1 Å². The van der Waals surface area contributed by atoms with Crippen LogP contribution in [-0.2, 0) is 11.2 Å². The van der Waals surface area contributed by atoms with Crippen molar-refractivity contribution in [3.63, 3.8) is 0 Å². The first kappa shape index (κ1) is 19.8. The van der Waals surface area contributed by atoms with Gasteiger partial charge in [0.1, 0.15) is 11.4 Å². The third kappa shape index (κ3) is 4.83. The molecule has 1 aliphatic heterocycles. The minimum atomic E-state index is -0.315. The van der Waals surface area contributed by atoms with Gasteiger partial charge >= 0.3 is 0 Å². The van der Waals surface area contributed by atoms with Gasteiger partial charge in [-0.25, -0.2) is 0 Å². The lowest BCUT2D eigenvalue weighted by Crippen LogP contribution is -2.48. The molecule has 2 aromatic rings. The summed E-state index contributed by atoms with van der Waals surface area (Å²) in [6, 6.07) is 7.18. The first-order valence-electron chi connectivity index (χ1n) is 9.32. The topological polar surface area (TPSA) is 91.4 Å². The van der Waals surface area contributed by atoms with Gasteiger partial charge in [0.2, 0.25) is 5.91 Å². The van der Waals surface area contributed by atoms with Crippen molar-refractivity contribution >= 4 is 5.91 Å². The van der Waals surface area contributed by atoms with Gasteiger partial charge in [-0.05, 0) is 24.3 Å². The van der Waals surface area contributed by atoms with Crippen molar-refractivity contribution < 1.29 is 9.53 Å². The summed E-state index contributed by atoms with van der Waals surface area (Å²) in [5.74, 6) is 1.15. The van der Waals surface area contributed by atoms with Gasteiger partial charge in [-0.2, -0.15) is 0 Å². The zero-order chi connectivity index (χ0) is 19.9. The Morgan fingerprint density at radius 2 is 1.93 bits per heavy atom. The number of ether oxygens (including phenoxy) is 1. The number of aryl methyl sites for hydroxylation is 1. The SMILES string of the molecule is C=CCN1CCN(C(=O)CCc2nnc(-c3ccc(OC)cc3)[nH]c2=O)CC1. The van der Waals surface area contributed by atoms with Gasteiger partial charge < -0.3 is 14.6 Å². The minimum absolute atomic E-state index is 0.0404. The van der Waals surface area contributed by atoms with Crippen molar-refractivity contribution in [1.29, 1.82) is 0 Å². The van der Waals surface area contributed by atoms with Gasteiger partial charge in [0, 0.05) is 51.1 Å². The fourth-order valence-corrected chi connectivity index (χ4v) is 3.15. The average molecular weight is 383 g/mol. The van der Waals surface area contributed by atoms with Crippen LogP contribution < -0.4 is 10.3 Å². The van der Waals surface area contributed by atoms with Crippen LogP contribution in [0, 0.1) is 0 Å². The Morgan fingerprint density at radius 1 is 1.21 bits per heavy atom. The van der Waals surface area contributed by atoms with Crippen molar-refractivity contribution in [3.05, 3.63) is 53.0 Å². The zero-order valence-electron chi connectivity index (χ0n) is 16.1. The first-order valence-corrected chi connectivity index (χ1v) is 9.32. The van der Waals surface area contributed by atoms with E-state index in [2.05, 4.69) is 26.7 Å². The normalized spacial score (nSPS) is 14.7. The van der Waals surface area contributed by atoms with Crippen molar-refractivity contribution in [2.75, 3.05) is 39.8 Å². The predicted molar refractivity (Wildman–Crippen MR) is 106 cm³/mol. The van der Waals surface area contributed by atoms with Gasteiger partial charge in [-0.1, -0.05) is 6.08 Å². The van der Waals surface area contributed by atoms with Crippen LogP contribution >= 0.6 is 0 Å². The van der Waals surface area contributed by atoms with Gasteiger partial charge in [0.05, 0.1) is 7.11 Å². The van der Waals surface area contributed by atoms with Crippen molar-refractivity contribution in [3.8, 4) is 17.1 Å². The number of hydrogen-bond acceptors (Lipinski definition) is 6. The van der Waals surface area contributed by atoms with Gasteiger partial charge in [0.25, 0.3) is 5.56 Å². The average Bonchev–Trinajstić information content (AvgIpc) is 2.73. The number of carbonyl (C=O) groups is 1. The molecule has 2 heterocycles. The molecule has 0 saturated carbocycles. The molecule has 3 rings (SSSR count). The number of nitrogens with one attached hydrogen (secondary N) is 1. The third-order valence-corrected chi connectivity index (χ3v) is 4.82. The molecule has 1 aromatic heterocycles. The van der Waals surface area contributed by atoms with E-state index in [4.69, 9.17) is 4.74 Å². The Hall–Kier alpha value is -3.00. The molecule has 1 amide bonds. The number of aromatic amines is 1. The lowest BCUT2D eigenvalue weighted by atomic mass is 10.2. The summed E-state index contributed by atoms with van der Waals surface area (Å²) in [5.41, 5.74) is 0.700. The number of nitrogens with zero attached hydrogens (tertiary/aromatic N) is 4. The van der Waals surface area contributed by atoms with E-state index in [1.807, 2.05) is 11.0 Å². The van der Waals surface area contributed by atoms with Crippen molar-refractivity contribution in [1.82, 2.24) is 25.0 Å². The fourth-order valence-electron chi connectivity index (χ4n) is 3.15. The highest BCUT2D eigenvalue weighted by Crippen LogP contribution is 2.17. The van der Waals surface area contributed by atoms with E-state index in [1.165, 1.54) is 0 Å². The van der Waals surface area contributed by atoms with E-state index in [9.17, 15) is 9.59 Å². The largest absolute Gasteiger partial charge is 0.497 e. The molecule has 0 unspecified atom stereocenters. The quantitative estimate of drug-likeness (QED) is 0.720. The van der Waals surface area contributed by atoms with Crippen molar-refractivity contribution in [2.45, 2.75) is 12.8 Å². The Labute approximate surface area is 163 Å². The molecule has 28 heavy (non-hydrogen) atoms. The molecule has 148 valence electrons. The monoisotopic (exact) mass is 383 g/mol. The molecule has 0 bridgehead atoms. The maximum absolute atomic E-state index is 12.4. The Kier molecular flexibility index (Phi) is 6.54. The van der Waals surface area contributed by atoms with Crippen LogP contribution in [-0.4, -0.2) is 70.7 Å². The Morgan fingerprint density at radius 3 is 2.54 bits per heavy atom. The molecule has 1 aromatic carbocycles. The number of benzene rings is 1. The summed E-state index contributed by atoms with van der Waals surface area (Å²) in [5, 5.41) is 8.13. The predicted octanol–water partition coefficient (Wildman–Crippen LogP) is 1.10. The highest BCUT2D eigenvalue weighted by atomic mass is 16.5. The molecule has 1 aliphatic rings. The second kappa shape index (κ2) is 9.27. The zero-order valence-corrected chi connectivity index (χ0v) is 16.1. The number of carbonyl (C=O) groups excluding carboxylic acids is 1. The third-order valence-electron chi connectivity index (χ3n) is 4.82. The number of piperazine rings is 1. The molecule has 0 aliphatic carbocycles. The minimum Gasteiger partial charge on any atom is -0.497 e. The van der Waals surface area contributed by atoms with Crippen molar-refractivity contribution in [2.24, 2.45) is 0 Å². The smallest absolute Gasteiger partial charge is 0.273 e. The highest BCUT2D eigenvalue weighted by Gasteiger charge is 2.20. The highest BCUT2D eigenvalue weighted by molar-refractivity contribution is 5.76. The number of amides is 1. The van der Waals surface area contributed by atoms with Crippen LogP contribution in [0.3, 0.4) is 0 Å².